The van der Waals surface area contributed by atoms with Crippen LogP contribution in [0.25, 0.3) is 0 Å². The van der Waals surface area contributed by atoms with Crippen LogP contribution < -0.4 is 5.32 Å². The summed E-state index contributed by atoms with van der Waals surface area (Å²) >= 11 is 1.61. The summed E-state index contributed by atoms with van der Waals surface area (Å²) in [5.41, 5.74) is 2.13. The van der Waals surface area contributed by atoms with Crippen molar-refractivity contribution in [1.82, 2.24) is 4.98 Å². The number of thiazole rings is 1. The summed E-state index contributed by atoms with van der Waals surface area (Å²) in [7, 11) is 0. The second-order valence-electron chi connectivity index (χ2n) is 4.82. The number of hydrogen-bond donors (Lipinski definition) is 1. The van der Waals surface area contributed by atoms with Gasteiger partial charge in [-0.1, -0.05) is 42.5 Å². The van der Waals surface area contributed by atoms with Gasteiger partial charge in [-0.3, -0.25) is 0 Å². The van der Waals surface area contributed by atoms with E-state index in [9.17, 15) is 4.39 Å². The summed E-state index contributed by atoms with van der Waals surface area (Å²) in [4.78, 5) is 5.51. The van der Waals surface area contributed by atoms with Crippen LogP contribution in [-0.4, -0.2) is 4.98 Å². The molecular formula is C17H15FN2S. The third-order valence-electron chi connectivity index (χ3n) is 3.23. The first-order chi connectivity index (χ1) is 10.2. The van der Waals surface area contributed by atoms with Gasteiger partial charge in [0.15, 0.2) is 5.13 Å². The number of aryl methyl sites for hydroxylation is 1. The second-order valence-corrected chi connectivity index (χ2v) is 6.05. The highest BCUT2D eigenvalue weighted by atomic mass is 32.1. The number of nitrogens with one attached hydrogen (secondary N) is 1. The minimum Gasteiger partial charge on any atom is -0.351 e. The smallest absolute Gasteiger partial charge is 0.183 e. The Bertz CT molecular complexity index is 707. The summed E-state index contributed by atoms with van der Waals surface area (Å²) in [6, 6.07) is 16.6. The fraction of sp³-hybridized carbons (Fsp3) is 0.118. The molecule has 0 bridgehead atoms. The lowest BCUT2D eigenvalue weighted by Gasteiger charge is -2.19. The van der Waals surface area contributed by atoms with Gasteiger partial charge in [-0.2, -0.15) is 0 Å². The summed E-state index contributed by atoms with van der Waals surface area (Å²) in [5, 5.41) is 4.30. The molecular weight excluding hydrogens is 283 g/mol. The molecule has 3 aromatic rings. The maximum Gasteiger partial charge on any atom is 0.183 e. The van der Waals surface area contributed by atoms with E-state index >= 15 is 0 Å². The Labute approximate surface area is 127 Å². The molecule has 3 rings (SSSR count). The number of aromatic nitrogens is 1. The zero-order valence-electron chi connectivity index (χ0n) is 11.6. The molecule has 1 heterocycles. The highest BCUT2D eigenvalue weighted by Gasteiger charge is 2.15. The third-order valence-corrected chi connectivity index (χ3v) is 4.07. The van der Waals surface area contributed by atoms with Crippen molar-refractivity contribution in [3.8, 4) is 0 Å². The highest BCUT2D eigenvalue weighted by molar-refractivity contribution is 7.15. The number of rotatable bonds is 4. The van der Waals surface area contributed by atoms with Crippen molar-refractivity contribution >= 4 is 16.5 Å². The average Bonchev–Trinajstić information content (AvgIpc) is 2.92. The summed E-state index contributed by atoms with van der Waals surface area (Å²) in [6.45, 7) is 2.03. The van der Waals surface area contributed by atoms with Crippen molar-refractivity contribution in [2.24, 2.45) is 0 Å². The zero-order valence-corrected chi connectivity index (χ0v) is 12.4. The summed E-state index contributed by atoms with van der Waals surface area (Å²) in [6.07, 6.45) is 1.85. The van der Waals surface area contributed by atoms with Gasteiger partial charge in [-0.05, 0) is 30.2 Å². The number of halogens is 1. The molecule has 2 aromatic carbocycles. The molecule has 1 aromatic heterocycles. The number of hydrogen-bond acceptors (Lipinski definition) is 3. The largest absolute Gasteiger partial charge is 0.351 e. The van der Waals surface area contributed by atoms with Gasteiger partial charge >= 0.3 is 0 Å². The summed E-state index contributed by atoms with van der Waals surface area (Å²) in [5.74, 6) is -0.226. The lowest BCUT2D eigenvalue weighted by atomic mass is 9.99. The molecule has 1 N–H and O–H groups in total. The Hall–Kier alpha value is -2.20. The van der Waals surface area contributed by atoms with Crippen molar-refractivity contribution in [3.05, 3.63) is 82.6 Å². The first-order valence-corrected chi connectivity index (χ1v) is 7.53. The molecule has 1 unspecified atom stereocenters. The van der Waals surface area contributed by atoms with Crippen LogP contribution in [0.4, 0.5) is 9.52 Å². The van der Waals surface area contributed by atoms with Crippen LogP contribution in [0.2, 0.25) is 0 Å². The van der Waals surface area contributed by atoms with Crippen LogP contribution in [0.5, 0.6) is 0 Å². The van der Waals surface area contributed by atoms with Gasteiger partial charge in [0.1, 0.15) is 5.82 Å². The number of benzene rings is 2. The van der Waals surface area contributed by atoms with Crippen molar-refractivity contribution < 1.29 is 4.39 Å². The van der Waals surface area contributed by atoms with Crippen molar-refractivity contribution in [3.63, 3.8) is 0 Å². The van der Waals surface area contributed by atoms with Crippen LogP contribution in [-0.2, 0) is 0 Å². The zero-order chi connectivity index (χ0) is 14.7. The predicted molar refractivity (Wildman–Crippen MR) is 85.2 cm³/mol. The van der Waals surface area contributed by atoms with Crippen molar-refractivity contribution in [1.29, 1.82) is 0 Å². The Balaban J connectivity index is 1.96. The molecule has 4 heteroatoms. The van der Waals surface area contributed by atoms with Crippen LogP contribution >= 0.6 is 11.3 Å². The van der Waals surface area contributed by atoms with E-state index in [1.165, 1.54) is 12.1 Å². The van der Waals surface area contributed by atoms with Crippen LogP contribution in [0.1, 0.15) is 22.0 Å². The average molecular weight is 298 g/mol. The lowest BCUT2D eigenvalue weighted by molar-refractivity contribution is 0.626. The molecule has 2 nitrogen and oxygen atoms in total. The van der Waals surface area contributed by atoms with Crippen LogP contribution in [0.15, 0.2) is 60.8 Å². The molecule has 0 amide bonds. The van der Waals surface area contributed by atoms with Gasteiger partial charge in [0.25, 0.3) is 0 Å². The van der Waals surface area contributed by atoms with E-state index in [1.807, 2.05) is 31.3 Å². The maximum absolute atomic E-state index is 13.2. The number of anilines is 1. The van der Waals surface area contributed by atoms with Crippen LogP contribution in [0.3, 0.4) is 0 Å². The first kappa shape index (κ1) is 13.8. The Morgan fingerprint density at radius 2 is 1.67 bits per heavy atom. The van der Waals surface area contributed by atoms with E-state index in [0.717, 1.165) is 21.1 Å². The van der Waals surface area contributed by atoms with Crippen LogP contribution in [0, 0.1) is 12.7 Å². The maximum atomic E-state index is 13.2. The molecule has 0 aliphatic rings. The fourth-order valence-corrected chi connectivity index (χ4v) is 2.90. The molecule has 1 atom stereocenters. The molecule has 0 saturated heterocycles. The summed E-state index contributed by atoms with van der Waals surface area (Å²) < 4.78 is 13.2. The van der Waals surface area contributed by atoms with E-state index in [1.54, 1.807) is 23.5 Å². The van der Waals surface area contributed by atoms with E-state index in [0.29, 0.717) is 0 Å². The van der Waals surface area contributed by atoms with E-state index in [2.05, 4.69) is 22.4 Å². The van der Waals surface area contributed by atoms with Gasteiger partial charge in [-0.15, -0.1) is 11.3 Å². The Morgan fingerprint density at radius 3 is 2.29 bits per heavy atom. The van der Waals surface area contributed by atoms with E-state index in [4.69, 9.17) is 0 Å². The monoisotopic (exact) mass is 298 g/mol. The standard InChI is InChI=1S/C17H15FN2S/c1-12-11-19-17(21-12)20-16(13-5-3-2-4-6-13)14-7-9-15(18)10-8-14/h2-11,16H,1H3,(H,19,20). The third kappa shape index (κ3) is 3.28. The number of nitrogens with zero attached hydrogens (tertiary/aromatic N) is 1. The first-order valence-electron chi connectivity index (χ1n) is 6.72. The van der Waals surface area contributed by atoms with Gasteiger partial charge < -0.3 is 5.32 Å². The highest BCUT2D eigenvalue weighted by Crippen LogP contribution is 2.28. The molecule has 0 fully saturated rings. The van der Waals surface area contributed by atoms with Crippen molar-refractivity contribution in [2.45, 2.75) is 13.0 Å². The SMILES string of the molecule is Cc1cnc(NC(c2ccccc2)c2ccc(F)cc2)s1. The van der Waals surface area contributed by atoms with Gasteiger partial charge in [-0.25, -0.2) is 9.37 Å². The van der Waals surface area contributed by atoms with Gasteiger partial charge in [0.05, 0.1) is 6.04 Å². The molecule has 0 spiro atoms. The van der Waals surface area contributed by atoms with E-state index in [-0.39, 0.29) is 11.9 Å². The lowest BCUT2D eigenvalue weighted by Crippen LogP contribution is -2.12. The van der Waals surface area contributed by atoms with Gasteiger partial charge in [0.2, 0.25) is 0 Å². The molecule has 0 saturated carbocycles. The van der Waals surface area contributed by atoms with Gasteiger partial charge in [0, 0.05) is 11.1 Å². The minimum absolute atomic E-state index is 0.0441. The fourth-order valence-electron chi connectivity index (χ4n) is 2.20. The normalized spacial score (nSPS) is 12.1. The molecule has 21 heavy (non-hydrogen) atoms. The minimum atomic E-state index is -0.226. The quantitative estimate of drug-likeness (QED) is 0.749. The topological polar surface area (TPSA) is 24.9 Å². The second kappa shape index (κ2) is 6.06. The molecule has 0 radical (unpaired) electrons. The molecule has 106 valence electrons. The molecule has 0 aliphatic heterocycles. The van der Waals surface area contributed by atoms with E-state index < -0.39 is 0 Å². The Morgan fingerprint density at radius 1 is 1.00 bits per heavy atom. The predicted octanol–water partition coefficient (Wildman–Crippen LogP) is 4.79. The molecule has 0 aliphatic carbocycles. The Kier molecular flexibility index (Phi) is 3.97. The van der Waals surface area contributed by atoms with Crippen molar-refractivity contribution in [2.75, 3.05) is 5.32 Å².